The molecule has 0 aliphatic carbocycles. The summed E-state index contributed by atoms with van der Waals surface area (Å²) in [4.78, 5) is 2.70. The molecule has 168 valence electrons. The molecule has 0 unspecified atom stereocenters. The van der Waals surface area contributed by atoms with Gasteiger partial charge in [0.15, 0.2) is 0 Å². The van der Waals surface area contributed by atoms with Crippen molar-refractivity contribution < 1.29 is 0 Å². The third kappa shape index (κ3) is 22.9. The summed E-state index contributed by atoms with van der Waals surface area (Å²) >= 11 is 0. The molecule has 0 radical (unpaired) electrons. The van der Waals surface area contributed by atoms with E-state index in [0.717, 1.165) is 0 Å². The van der Waals surface area contributed by atoms with E-state index in [0.29, 0.717) is 0 Å². The lowest BCUT2D eigenvalue weighted by Gasteiger charge is -2.23. The maximum Gasteiger partial charge on any atom is -0.000663 e. The van der Waals surface area contributed by atoms with Gasteiger partial charge in [0.25, 0.3) is 0 Å². The van der Waals surface area contributed by atoms with Crippen LogP contribution >= 0.6 is 37.2 Å². The first-order chi connectivity index (χ1) is 11.9. The molecule has 27 heavy (non-hydrogen) atoms. The van der Waals surface area contributed by atoms with Gasteiger partial charge in [-0.25, -0.2) is 0 Å². The van der Waals surface area contributed by atoms with Crippen LogP contribution in [0, 0.1) is 0 Å². The van der Waals surface area contributed by atoms with Gasteiger partial charge < -0.3 is 15.5 Å². The Morgan fingerprint density at radius 2 is 0.963 bits per heavy atom. The normalized spacial score (nSPS) is 16.8. The van der Waals surface area contributed by atoms with Crippen molar-refractivity contribution in [3.8, 4) is 0 Å². The first-order valence-electron chi connectivity index (χ1n) is 11.1. The van der Waals surface area contributed by atoms with Crippen LogP contribution in [0.25, 0.3) is 0 Å². The molecule has 0 aromatic heterocycles. The highest BCUT2D eigenvalue weighted by molar-refractivity contribution is 5.86. The zero-order valence-corrected chi connectivity index (χ0v) is 20.3. The van der Waals surface area contributed by atoms with Crippen LogP contribution in [0.4, 0.5) is 0 Å². The van der Waals surface area contributed by atoms with Crippen molar-refractivity contribution in [2.24, 2.45) is 0 Å². The standard InChI is InChI=1S/C21H45N3.3ClH/c1-2-3-4-5-6-7-8-9-10-11-19-24-20-13-17-22-15-12-16-23-18-14-21-24;;;/h22-23H,2-21H2,1H3;3*1H. The molecule has 1 fully saturated rings. The van der Waals surface area contributed by atoms with E-state index in [1.807, 2.05) is 0 Å². The Labute approximate surface area is 188 Å². The number of nitrogens with one attached hydrogen (secondary N) is 2. The molecule has 0 aromatic rings. The first kappa shape index (κ1) is 32.4. The van der Waals surface area contributed by atoms with Gasteiger partial charge in [-0.2, -0.15) is 0 Å². The van der Waals surface area contributed by atoms with Gasteiger partial charge in [-0.1, -0.05) is 64.7 Å². The maximum atomic E-state index is 3.57. The molecular formula is C21H48Cl3N3. The Morgan fingerprint density at radius 1 is 0.556 bits per heavy atom. The topological polar surface area (TPSA) is 27.3 Å². The number of halogens is 3. The highest BCUT2D eigenvalue weighted by Gasteiger charge is 2.05. The first-order valence-corrected chi connectivity index (χ1v) is 11.1. The highest BCUT2D eigenvalue weighted by Crippen LogP contribution is 2.11. The van der Waals surface area contributed by atoms with Crippen molar-refractivity contribution in [3.63, 3.8) is 0 Å². The molecule has 1 saturated heterocycles. The van der Waals surface area contributed by atoms with Gasteiger partial charge in [-0.15, -0.1) is 37.2 Å². The number of hydrogen-bond donors (Lipinski definition) is 2. The second kappa shape index (κ2) is 26.8. The third-order valence-corrected chi connectivity index (χ3v) is 5.19. The second-order valence-electron chi connectivity index (χ2n) is 7.58. The number of rotatable bonds is 11. The van der Waals surface area contributed by atoms with Gasteiger partial charge in [-0.3, -0.25) is 0 Å². The summed E-state index contributed by atoms with van der Waals surface area (Å²) < 4.78 is 0. The van der Waals surface area contributed by atoms with Gasteiger partial charge in [0, 0.05) is 0 Å². The highest BCUT2D eigenvalue weighted by atomic mass is 35.5. The van der Waals surface area contributed by atoms with Gasteiger partial charge in [0.05, 0.1) is 0 Å². The Bertz CT molecular complexity index is 247. The monoisotopic (exact) mass is 447 g/mol. The van der Waals surface area contributed by atoms with Gasteiger partial charge in [0.1, 0.15) is 0 Å². The molecule has 2 N–H and O–H groups in total. The lowest BCUT2D eigenvalue weighted by molar-refractivity contribution is 0.256. The van der Waals surface area contributed by atoms with Crippen molar-refractivity contribution in [1.29, 1.82) is 0 Å². The van der Waals surface area contributed by atoms with E-state index < -0.39 is 0 Å². The van der Waals surface area contributed by atoms with E-state index in [4.69, 9.17) is 0 Å². The molecule has 0 atom stereocenters. The average Bonchev–Trinajstić information content (AvgIpc) is 2.58. The van der Waals surface area contributed by atoms with E-state index in [9.17, 15) is 0 Å². The summed E-state index contributed by atoms with van der Waals surface area (Å²) in [5.41, 5.74) is 0. The quantitative estimate of drug-likeness (QED) is 0.389. The summed E-state index contributed by atoms with van der Waals surface area (Å²) in [7, 11) is 0. The van der Waals surface area contributed by atoms with Crippen molar-refractivity contribution in [2.45, 2.75) is 90.4 Å². The summed E-state index contributed by atoms with van der Waals surface area (Å²) in [6.07, 6.45) is 18.3. The fourth-order valence-electron chi connectivity index (χ4n) is 3.60. The fraction of sp³-hybridized carbons (Fsp3) is 1.00. The van der Waals surface area contributed by atoms with E-state index in [2.05, 4.69) is 22.5 Å². The van der Waals surface area contributed by atoms with E-state index in [-0.39, 0.29) is 37.2 Å². The minimum atomic E-state index is 0. The molecule has 0 spiro atoms. The lowest BCUT2D eigenvalue weighted by Crippen LogP contribution is -2.33. The zero-order chi connectivity index (χ0) is 17.1. The minimum absolute atomic E-state index is 0. The smallest absolute Gasteiger partial charge is 0.000663 e. The third-order valence-electron chi connectivity index (χ3n) is 5.19. The molecule has 3 nitrogen and oxygen atoms in total. The maximum absolute atomic E-state index is 3.57. The lowest BCUT2D eigenvalue weighted by atomic mass is 10.1. The number of hydrogen-bond acceptors (Lipinski definition) is 3. The molecule has 0 bridgehead atoms. The predicted octanol–water partition coefficient (Wildman–Crippen LogP) is 5.84. The Hall–Kier alpha value is 0.750. The van der Waals surface area contributed by atoms with Gasteiger partial charge in [0.2, 0.25) is 0 Å². The van der Waals surface area contributed by atoms with E-state index in [1.165, 1.54) is 129 Å². The molecule has 0 saturated carbocycles. The summed E-state index contributed by atoms with van der Waals surface area (Å²) in [6.45, 7) is 10.9. The molecule has 1 heterocycles. The Balaban J connectivity index is -0.00000192. The Kier molecular flexibility index (Phi) is 32.1. The van der Waals surface area contributed by atoms with Crippen LogP contribution in [-0.4, -0.2) is 50.7 Å². The SMILES string of the molecule is CCCCCCCCCCCCN1CCCNCCCNCCC1.Cl.Cl.Cl. The van der Waals surface area contributed by atoms with Crippen LogP contribution in [-0.2, 0) is 0 Å². The van der Waals surface area contributed by atoms with Crippen molar-refractivity contribution in [1.82, 2.24) is 15.5 Å². The summed E-state index contributed by atoms with van der Waals surface area (Å²) in [5.74, 6) is 0. The van der Waals surface area contributed by atoms with Crippen LogP contribution in [0.5, 0.6) is 0 Å². The molecule has 1 rings (SSSR count). The van der Waals surface area contributed by atoms with Crippen LogP contribution in [0.3, 0.4) is 0 Å². The van der Waals surface area contributed by atoms with Crippen LogP contribution in [0.1, 0.15) is 90.4 Å². The van der Waals surface area contributed by atoms with Gasteiger partial charge >= 0.3 is 0 Å². The van der Waals surface area contributed by atoms with Crippen LogP contribution in [0.2, 0.25) is 0 Å². The van der Waals surface area contributed by atoms with Crippen LogP contribution < -0.4 is 10.6 Å². The predicted molar refractivity (Wildman–Crippen MR) is 130 cm³/mol. The summed E-state index contributed by atoms with van der Waals surface area (Å²) in [6, 6.07) is 0. The van der Waals surface area contributed by atoms with E-state index >= 15 is 0 Å². The fourth-order valence-corrected chi connectivity index (χ4v) is 3.60. The molecule has 0 aromatic carbocycles. The minimum Gasteiger partial charge on any atom is -0.317 e. The number of unbranched alkanes of at least 4 members (excludes halogenated alkanes) is 9. The van der Waals surface area contributed by atoms with Crippen molar-refractivity contribution >= 4 is 37.2 Å². The molecule has 0 amide bonds. The van der Waals surface area contributed by atoms with Crippen LogP contribution in [0.15, 0.2) is 0 Å². The van der Waals surface area contributed by atoms with Crippen molar-refractivity contribution in [3.05, 3.63) is 0 Å². The van der Waals surface area contributed by atoms with Crippen molar-refractivity contribution in [2.75, 3.05) is 45.8 Å². The molecule has 1 aliphatic heterocycles. The molecule has 1 aliphatic rings. The Morgan fingerprint density at radius 3 is 1.44 bits per heavy atom. The zero-order valence-electron chi connectivity index (χ0n) is 17.8. The van der Waals surface area contributed by atoms with E-state index in [1.54, 1.807) is 0 Å². The largest absolute Gasteiger partial charge is 0.317 e. The number of nitrogens with zero attached hydrogens (tertiary/aromatic N) is 1. The second-order valence-corrected chi connectivity index (χ2v) is 7.58. The van der Waals surface area contributed by atoms with Gasteiger partial charge in [-0.05, 0) is 71.5 Å². The molecular weight excluding hydrogens is 401 g/mol. The molecule has 6 heteroatoms. The average molecular weight is 449 g/mol. The summed E-state index contributed by atoms with van der Waals surface area (Å²) in [5, 5.41) is 7.13.